The fourth-order valence-corrected chi connectivity index (χ4v) is 3.68. The zero-order chi connectivity index (χ0) is 20.5. The number of aliphatic imine (C=N–C) groups is 1. The Morgan fingerprint density at radius 2 is 1.76 bits per heavy atom. The normalized spacial score (nSPS) is 12.9. The van der Waals surface area contributed by atoms with Crippen molar-refractivity contribution in [2.24, 2.45) is 9.98 Å². The molecule has 2 heterocycles. The third-order valence-electron chi connectivity index (χ3n) is 4.33. The summed E-state index contributed by atoms with van der Waals surface area (Å²) in [4.78, 5) is 23.0. The van der Waals surface area contributed by atoms with E-state index in [9.17, 15) is 9.90 Å². The topological polar surface area (TPSA) is 106 Å². The number of hydrogen-bond acceptors (Lipinski definition) is 8. The Morgan fingerprint density at radius 3 is 2.34 bits per heavy atom. The van der Waals surface area contributed by atoms with Crippen molar-refractivity contribution in [1.82, 2.24) is 4.98 Å². The van der Waals surface area contributed by atoms with Crippen LogP contribution >= 0.6 is 11.3 Å². The lowest BCUT2D eigenvalue weighted by molar-refractivity contribution is 0.324. The molecule has 8 nitrogen and oxygen atoms in total. The van der Waals surface area contributed by atoms with Gasteiger partial charge in [-0.25, -0.2) is 9.98 Å². The van der Waals surface area contributed by atoms with Gasteiger partial charge in [-0.3, -0.25) is 9.78 Å². The van der Waals surface area contributed by atoms with E-state index in [1.54, 1.807) is 39.5 Å². The summed E-state index contributed by atoms with van der Waals surface area (Å²) in [5, 5.41) is 11.3. The average Bonchev–Trinajstić information content (AvgIpc) is 3.28. The molecule has 148 valence electrons. The summed E-state index contributed by atoms with van der Waals surface area (Å²) in [6, 6.07) is 9.10. The number of thiazole rings is 1. The molecule has 4 rings (SSSR count). The summed E-state index contributed by atoms with van der Waals surface area (Å²) in [6.45, 7) is 0. The second kappa shape index (κ2) is 7.44. The molecule has 1 aromatic heterocycles. The van der Waals surface area contributed by atoms with Gasteiger partial charge in [0, 0.05) is 5.56 Å². The van der Waals surface area contributed by atoms with Gasteiger partial charge in [-0.1, -0.05) is 17.4 Å². The van der Waals surface area contributed by atoms with Gasteiger partial charge in [0.15, 0.2) is 17.3 Å². The second-order valence-corrected chi connectivity index (χ2v) is 7.10. The van der Waals surface area contributed by atoms with Crippen LogP contribution < -0.4 is 29.7 Å². The van der Waals surface area contributed by atoms with Crippen LogP contribution in [-0.4, -0.2) is 37.3 Å². The van der Waals surface area contributed by atoms with Crippen molar-refractivity contribution < 1.29 is 19.3 Å². The van der Waals surface area contributed by atoms with Crippen LogP contribution in [0.15, 0.2) is 45.1 Å². The first kappa shape index (κ1) is 18.8. The third kappa shape index (κ3) is 3.47. The van der Waals surface area contributed by atoms with Gasteiger partial charge in [0.2, 0.25) is 11.6 Å². The highest BCUT2D eigenvalue weighted by molar-refractivity contribution is 7.10. The van der Waals surface area contributed by atoms with Crippen molar-refractivity contribution in [3.05, 3.63) is 61.0 Å². The van der Waals surface area contributed by atoms with E-state index in [1.165, 1.54) is 0 Å². The number of ether oxygens (including phenoxy) is 3. The highest BCUT2D eigenvalue weighted by Gasteiger charge is 2.18. The lowest BCUT2D eigenvalue weighted by atomic mass is 10.1. The van der Waals surface area contributed by atoms with Crippen molar-refractivity contribution >= 4 is 28.9 Å². The standard InChI is InChI=1S/C20H17N3O5S/c1-26-14-8-11(9-15(27-2)17(14)28-3)18-21-12-5-4-10(6-13(12)22-18)7-16-19(24)23-20(25)29-16/h4-9,24H,1-3H3,(H,23,25). The molecule has 0 atom stereocenters. The Kier molecular flexibility index (Phi) is 4.81. The molecule has 2 N–H and O–H groups in total. The predicted molar refractivity (Wildman–Crippen MR) is 110 cm³/mol. The second-order valence-electron chi connectivity index (χ2n) is 6.08. The van der Waals surface area contributed by atoms with Gasteiger partial charge in [0.05, 0.1) is 37.3 Å². The SMILES string of the molecule is COc1cc(C2=Nc3cc(=Cc4sc(=O)[nH]c4O)ccc3=N2)cc(OC)c1OC. The Morgan fingerprint density at radius 1 is 1.03 bits per heavy atom. The lowest BCUT2D eigenvalue weighted by Gasteiger charge is -2.13. The fourth-order valence-electron chi connectivity index (χ4n) is 2.99. The van der Waals surface area contributed by atoms with Crippen molar-refractivity contribution in [2.75, 3.05) is 21.3 Å². The molecule has 0 saturated carbocycles. The number of methoxy groups -OCH3 is 3. The Hall–Kier alpha value is -3.59. The molecule has 3 aromatic rings. The molecule has 0 spiro atoms. The van der Waals surface area contributed by atoms with Crippen molar-refractivity contribution in [2.45, 2.75) is 0 Å². The zero-order valence-electron chi connectivity index (χ0n) is 15.8. The molecule has 1 aliphatic rings. The summed E-state index contributed by atoms with van der Waals surface area (Å²) in [7, 11) is 4.65. The maximum absolute atomic E-state index is 11.4. The molecule has 0 fully saturated rings. The van der Waals surface area contributed by atoms with Gasteiger partial charge in [-0.05, 0) is 35.6 Å². The monoisotopic (exact) mass is 411 g/mol. The molecule has 0 bridgehead atoms. The van der Waals surface area contributed by atoms with Crippen LogP contribution in [0.2, 0.25) is 0 Å². The first-order valence-corrected chi connectivity index (χ1v) is 9.35. The molecule has 9 heteroatoms. The smallest absolute Gasteiger partial charge is 0.307 e. The molecule has 0 aliphatic carbocycles. The zero-order valence-corrected chi connectivity index (χ0v) is 16.7. The first-order valence-electron chi connectivity index (χ1n) is 8.54. The van der Waals surface area contributed by atoms with Crippen LogP contribution in [0.25, 0.3) is 6.08 Å². The van der Waals surface area contributed by atoms with E-state index in [4.69, 9.17) is 14.2 Å². The Balaban J connectivity index is 1.77. The van der Waals surface area contributed by atoms with Crippen LogP contribution in [-0.2, 0) is 0 Å². The molecular formula is C20H17N3O5S. The van der Waals surface area contributed by atoms with Crippen LogP contribution in [0.3, 0.4) is 0 Å². The molecule has 1 aliphatic heterocycles. The maximum atomic E-state index is 11.4. The number of H-pyrrole nitrogens is 1. The first-order chi connectivity index (χ1) is 14.0. The summed E-state index contributed by atoms with van der Waals surface area (Å²) >= 11 is 0.936. The minimum atomic E-state index is -0.312. The van der Waals surface area contributed by atoms with Gasteiger partial charge < -0.3 is 19.3 Å². The molecule has 0 saturated heterocycles. The lowest BCUT2D eigenvalue weighted by Crippen LogP contribution is -2.07. The van der Waals surface area contributed by atoms with Gasteiger partial charge in [0.25, 0.3) is 0 Å². The highest BCUT2D eigenvalue weighted by atomic mass is 32.1. The fraction of sp³-hybridized carbons (Fsp3) is 0.150. The summed E-state index contributed by atoms with van der Waals surface area (Å²) in [6.07, 6.45) is 1.71. The minimum absolute atomic E-state index is 0.146. The van der Waals surface area contributed by atoms with E-state index in [0.717, 1.165) is 27.5 Å². The minimum Gasteiger partial charge on any atom is -0.493 e. The van der Waals surface area contributed by atoms with E-state index < -0.39 is 0 Å². The van der Waals surface area contributed by atoms with Gasteiger partial charge >= 0.3 is 4.87 Å². The Bertz CT molecular complexity index is 1280. The molecule has 0 unspecified atom stereocenters. The van der Waals surface area contributed by atoms with Crippen molar-refractivity contribution in [1.29, 1.82) is 0 Å². The quantitative estimate of drug-likeness (QED) is 0.665. The maximum Gasteiger partial charge on any atom is 0.307 e. The molecular weight excluding hydrogens is 394 g/mol. The number of rotatable bonds is 5. The number of aromatic amines is 1. The number of aromatic nitrogens is 1. The van der Waals surface area contributed by atoms with E-state index in [-0.39, 0.29) is 10.8 Å². The highest BCUT2D eigenvalue weighted by Crippen LogP contribution is 2.38. The van der Waals surface area contributed by atoms with Gasteiger partial charge in [0.1, 0.15) is 0 Å². The van der Waals surface area contributed by atoms with Crippen LogP contribution in [0, 0.1) is 0 Å². The number of fused-ring (bicyclic) bond motifs is 1. The average molecular weight is 411 g/mol. The van der Waals surface area contributed by atoms with Gasteiger partial charge in [-0.15, -0.1) is 0 Å². The molecule has 0 radical (unpaired) electrons. The van der Waals surface area contributed by atoms with Crippen molar-refractivity contribution in [3.8, 4) is 23.1 Å². The molecule has 2 aromatic carbocycles. The number of aromatic hydroxyl groups is 1. The third-order valence-corrected chi connectivity index (χ3v) is 5.15. The molecule has 0 amide bonds. The van der Waals surface area contributed by atoms with Crippen molar-refractivity contribution in [3.63, 3.8) is 0 Å². The Labute approximate surface area is 169 Å². The van der Waals surface area contributed by atoms with Gasteiger partial charge in [-0.2, -0.15) is 0 Å². The van der Waals surface area contributed by atoms with E-state index >= 15 is 0 Å². The summed E-state index contributed by atoms with van der Waals surface area (Å²) in [5.74, 6) is 1.90. The van der Waals surface area contributed by atoms with Crippen LogP contribution in [0.4, 0.5) is 5.69 Å². The number of nitrogens with one attached hydrogen (secondary N) is 1. The van der Waals surface area contributed by atoms with E-state index in [0.29, 0.717) is 33.6 Å². The number of amidine groups is 1. The van der Waals surface area contributed by atoms with E-state index in [2.05, 4.69) is 15.0 Å². The molecule has 29 heavy (non-hydrogen) atoms. The summed E-state index contributed by atoms with van der Waals surface area (Å²) < 4.78 is 16.1. The predicted octanol–water partition coefficient (Wildman–Crippen LogP) is 1.71. The van der Waals surface area contributed by atoms with Crippen LogP contribution in [0.1, 0.15) is 10.4 Å². The number of hydrogen-bond donors (Lipinski definition) is 2. The van der Waals surface area contributed by atoms with E-state index in [1.807, 2.05) is 18.2 Å². The number of nitrogens with zero attached hydrogens (tertiary/aromatic N) is 2. The summed E-state index contributed by atoms with van der Waals surface area (Å²) in [5.41, 5.74) is 1.41. The number of benzene rings is 2. The van der Waals surface area contributed by atoms with Crippen LogP contribution in [0.5, 0.6) is 23.1 Å². The largest absolute Gasteiger partial charge is 0.493 e.